The lowest BCUT2D eigenvalue weighted by molar-refractivity contribution is 0.631. The van der Waals surface area contributed by atoms with Crippen LogP contribution in [0.15, 0.2) is 44.2 Å². The fourth-order valence-electron chi connectivity index (χ4n) is 1.51. The summed E-state index contributed by atoms with van der Waals surface area (Å²) in [6.07, 6.45) is 1.61. The zero-order chi connectivity index (χ0) is 12.4. The molecule has 0 saturated heterocycles. The van der Waals surface area contributed by atoms with E-state index >= 15 is 0 Å². The van der Waals surface area contributed by atoms with E-state index in [1.807, 2.05) is 31.2 Å². The van der Waals surface area contributed by atoms with Crippen LogP contribution in [0.25, 0.3) is 0 Å². The van der Waals surface area contributed by atoms with Gasteiger partial charge in [0, 0.05) is 0 Å². The van der Waals surface area contributed by atoms with Gasteiger partial charge in [-0.3, -0.25) is 4.79 Å². The van der Waals surface area contributed by atoms with Crippen LogP contribution in [0, 0.1) is 6.92 Å². The highest BCUT2D eigenvalue weighted by Gasteiger charge is 2.07. The molecule has 0 spiro atoms. The Bertz CT molecular complexity index is 608. The number of aromatic nitrogens is 2. The lowest BCUT2D eigenvalue weighted by atomic mass is 10.1. The van der Waals surface area contributed by atoms with Gasteiger partial charge in [0.2, 0.25) is 0 Å². The molecule has 3 nitrogen and oxygen atoms in total. The molecule has 0 aliphatic heterocycles. The highest BCUT2D eigenvalue weighted by atomic mass is 79.9. The average Bonchev–Trinajstić information content (AvgIpc) is 2.32. The van der Waals surface area contributed by atoms with Crippen molar-refractivity contribution >= 4 is 31.9 Å². The van der Waals surface area contributed by atoms with Crippen LogP contribution in [0.4, 0.5) is 0 Å². The number of hydrogen-bond acceptors (Lipinski definition) is 2. The van der Waals surface area contributed by atoms with E-state index in [1.165, 1.54) is 4.68 Å². The second-order valence-corrected chi connectivity index (χ2v) is 5.34. The van der Waals surface area contributed by atoms with Crippen LogP contribution in [0.3, 0.4) is 0 Å². The third kappa shape index (κ3) is 2.66. The summed E-state index contributed by atoms with van der Waals surface area (Å²) < 4.78 is 2.61. The third-order valence-corrected chi connectivity index (χ3v) is 4.42. The van der Waals surface area contributed by atoms with Gasteiger partial charge in [-0.25, -0.2) is 4.68 Å². The number of benzene rings is 1. The van der Waals surface area contributed by atoms with Crippen LogP contribution >= 0.6 is 31.9 Å². The Labute approximate surface area is 116 Å². The normalized spacial score (nSPS) is 10.5. The number of nitrogens with zero attached hydrogens (tertiary/aromatic N) is 2. The van der Waals surface area contributed by atoms with E-state index in [4.69, 9.17) is 0 Å². The van der Waals surface area contributed by atoms with Gasteiger partial charge in [-0.2, -0.15) is 5.10 Å². The minimum absolute atomic E-state index is 0.136. The van der Waals surface area contributed by atoms with Crippen LogP contribution in [-0.2, 0) is 6.54 Å². The summed E-state index contributed by atoms with van der Waals surface area (Å²) >= 11 is 6.50. The first-order chi connectivity index (χ1) is 8.09. The zero-order valence-electron chi connectivity index (χ0n) is 9.15. The molecular weight excluding hydrogens is 348 g/mol. The second kappa shape index (κ2) is 5.14. The third-order valence-electron chi connectivity index (χ3n) is 2.52. The fourth-order valence-corrected chi connectivity index (χ4v) is 2.07. The van der Waals surface area contributed by atoms with Crippen molar-refractivity contribution in [2.45, 2.75) is 13.5 Å². The van der Waals surface area contributed by atoms with Gasteiger partial charge in [0.1, 0.15) is 4.47 Å². The van der Waals surface area contributed by atoms with E-state index in [0.717, 1.165) is 11.1 Å². The summed E-state index contributed by atoms with van der Waals surface area (Å²) in [4.78, 5) is 11.9. The van der Waals surface area contributed by atoms with Crippen molar-refractivity contribution in [3.63, 3.8) is 0 Å². The van der Waals surface area contributed by atoms with Gasteiger partial charge >= 0.3 is 0 Å². The molecule has 0 fully saturated rings. The molecule has 1 aromatic carbocycles. The molecule has 0 N–H and O–H groups in total. The van der Waals surface area contributed by atoms with Gasteiger partial charge in [0.05, 0.1) is 17.2 Å². The molecule has 0 unspecified atom stereocenters. The number of halogens is 2. The molecule has 0 aliphatic carbocycles. The molecule has 5 heteroatoms. The monoisotopic (exact) mass is 356 g/mol. The van der Waals surface area contributed by atoms with Gasteiger partial charge in [0.25, 0.3) is 5.56 Å². The van der Waals surface area contributed by atoms with Crippen LogP contribution < -0.4 is 5.56 Å². The van der Waals surface area contributed by atoms with Crippen molar-refractivity contribution in [3.05, 3.63) is 60.9 Å². The summed E-state index contributed by atoms with van der Waals surface area (Å²) in [5, 5.41) is 4.10. The molecule has 1 heterocycles. The molecule has 2 aromatic rings. The molecule has 0 amide bonds. The minimum Gasteiger partial charge on any atom is -0.266 e. The van der Waals surface area contributed by atoms with E-state index in [2.05, 4.69) is 37.0 Å². The van der Waals surface area contributed by atoms with Crippen LogP contribution in [0.2, 0.25) is 0 Å². The van der Waals surface area contributed by atoms with Gasteiger partial charge in [-0.15, -0.1) is 0 Å². The van der Waals surface area contributed by atoms with E-state index in [0.29, 0.717) is 15.5 Å². The molecule has 88 valence electrons. The lowest BCUT2D eigenvalue weighted by Gasteiger charge is -2.08. The van der Waals surface area contributed by atoms with Crippen molar-refractivity contribution in [3.8, 4) is 0 Å². The Morgan fingerprint density at radius 2 is 2.00 bits per heavy atom. The Morgan fingerprint density at radius 1 is 1.29 bits per heavy atom. The molecule has 0 aliphatic rings. The molecule has 0 radical (unpaired) electrons. The number of aryl methyl sites for hydroxylation is 1. The Kier molecular flexibility index (Phi) is 3.79. The van der Waals surface area contributed by atoms with Crippen molar-refractivity contribution in [1.82, 2.24) is 9.78 Å². The Hall–Kier alpha value is -0.940. The van der Waals surface area contributed by atoms with E-state index in [9.17, 15) is 4.79 Å². The standard InChI is InChI=1S/C12H10Br2N2O/c1-8-4-2-3-5-9(8)7-16-12(17)11(14)10(13)6-15-16/h2-6H,7H2,1H3. The molecule has 0 atom stereocenters. The maximum absolute atomic E-state index is 11.9. The SMILES string of the molecule is Cc1ccccc1Cn1ncc(Br)c(Br)c1=O. The average molecular weight is 358 g/mol. The van der Waals surface area contributed by atoms with Gasteiger partial charge < -0.3 is 0 Å². The lowest BCUT2D eigenvalue weighted by Crippen LogP contribution is -2.24. The van der Waals surface area contributed by atoms with E-state index < -0.39 is 0 Å². The smallest absolute Gasteiger partial charge is 0.266 e. The van der Waals surface area contributed by atoms with Gasteiger partial charge in [-0.05, 0) is 49.9 Å². The molecule has 2 rings (SSSR count). The predicted octanol–water partition coefficient (Wildman–Crippen LogP) is 3.13. The summed E-state index contributed by atoms with van der Waals surface area (Å²) in [6, 6.07) is 7.96. The topological polar surface area (TPSA) is 34.9 Å². The van der Waals surface area contributed by atoms with Crippen molar-refractivity contribution in [2.24, 2.45) is 0 Å². The first kappa shape index (κ1) is 12.5. The summed E-state index contributed by atoms with van der Waals surface area (Å²) in [5.74, 6) is 0. The zero-order valence-corrected chi connectivity index (χ0v) is 12.3. The minimum atomic E-state index is -0.136. The molecule has 1 aromatic heterocycles. The summed E-state index contributed by atoms with van der Waals surface area (Å²) in [7, 11) is 0. The van der Waals surface area contributed by atoms with Crippen molar-refractivity contribution in [2.75, 3.05) is 0 Å². The Balaban J connectivity index is 2.41. The van der Waals surface area contributed by atoms with Gasteiger partial charge in [-0.1, -0.05) is 24.3 Å². The molecule has 17 heavy (non-hydrogen) atoms. The first-order valence-electron chi connectivity index (χ1n) is 5.05. The maximum atomic E-state index is 11.9. The van der Waals surface area contributed by atoms with Crippen LogP contribution in [0.1, 0.15) is 11.1 Å². The van der Waals surface area contributed by atoms with E-state index in [-0.39, 0.29) is 5.56 Å². The quantitative estimate of drug-likeness (QED) is 0.827. The Morgan fingerprint density at radius 3 is 2.71 bits per heavy atom. The van der Waals surface area contributed by atoms with Crippen molar-refractivity contribution in [1.29, 1.82) is 0 Å². The van der Waals surface area contributed by atoms with E-state index in [1.54, 1.807) is 6.20 Å². The second-order valence-electron chi connectivity index (χ2n) is 3.70. The number of hydrogen-bond donors (Lipinski definition) is 0. The largest absolute Gasteiger partial charge is 0.282 e. The molecule has 0 bridgehead atoms. The number of rotatable bonds is 2. The fraction of sp³-hybridized carbons (Fsp3) is 0.167. The van der Waals surface area contributed by atoms with Crippen LogP contribution in [-0.4, -0.2) is 9.78 Å². The summed E-state index contributed by atoms with van der Waals surface area (Å²) in [5.41, 5.74) is 2.11. The maximum Gasteiger partial charge on any atom is 0.282 e. The highest BCUT2D eigenvalue weighted by molar-refractivity contribution is 9.13. The molecular formula is C12H10Br2N2O. The first-order valence-corrected chi connectivity index (χ1v) is 6.64. The molecule has 0 saturated carbocycles. The van der Waals surface area contributed by atoms with Crippen LogP contribution in [0.5, 0.6) is 0 Å². The predicted molar refractivity (Wildman–Crippen MR) is 74.2 cm³/mol. The highest BCUT2D eigenvalue weighted by Crippen LogP contribution is 2.17. The van der Waals surface area contributed by atoms with Crippen molar-refractivity contribution < 1.29 is 0 Å². The van der Waals surface area contributed by atoms with Gasteiger partial charge in [0.15, 0.2) is 0 Å². The summed E-state index contributed by atoms with van der Waals surface area (Å²) in [6.45, 7) is 2.51.